The Morgan fingerprint density at radius 3 is 2.65 bits per heavy atom. The Balaban J connectivity index is 1.80. The van der Waals surface area contributed by atoms with Crippen molar-refractivity contribution >= 4 is 11.8 Å². The maximum absolute atomic E-state index is 12.7. The molecule has 0 aromatic carbocycles. The molecule has 1 saturated carbocycles. The molecule has 1 N–H and O–H groups in total. The van der Waals surface area contributed by atoms with Crippen LogP contribution in [0.4, 0.5) is 0 Å². The molecule has 1 saturated heterocycles. The normalized spacial score (nSPS) is 23.0. The van der Waals surface area contributed by atoms with Gasteiger partial charge in [0, 0.05) is 30.6 Å². The molecule has 0 bridgehead atoms. The largest absolute Gasteiger partial charge is 0.361 e. The number of hydrogen-bond donors (Lipinski definition) is 1. The summed E-state index contributed by atoms with van der Waals surface area (Å²) in [5.41, 5.74) is 0.272. The summed E-state index contributed by atoms with van der Waals surface area (Å²) < 4.78 is 5.01. The Kier molecular flexibility index (Phi) is 4.17. The average molecular weight is 319 g/mol. The zero-order chi connectivity index (χ0) is 16.6. The lowest BCUT2D eigenvalue weighted by molar-refractivity contribution is -0.128. The first-order valence-electron chi connectivity index (χ1n) is 8.44. The molecule has 126 valence electrons. The number of hydrogen-bond acceptors (Lipinski definition) is 4. The Bertz CT molecular complexity index is 602. The summed E-state index contributed by atoms with van der Waals surface area (Å²) in [6, 6.07) is 1.77. The molecule has 1 atom stereocenters. The molecule has 2 heterocycles. The quantitative estimate of drug-likeness (QED) is 0.926. The topological polar surface area (TPSA) is 75.4 Å². The van der Waals surface area contributed by atoms with Crippen LogP contribution >= 0.6 is 0 Å². The number of carbonyl (C=O) groups excluding carboxylic acids is 2. The van der Waals surface area contributed by atoms with Gasteiger partial charge in [0.1, 0.15) is 5.76 Å². The van der Waals surface area contributed by atoms with E-state index in [1.165, 1.54) is 0 Å². The molecule has 2 aliphatic rings. The molecule has 1 aromatic heterocycles. The van der Waals surface area contributed by atoms with E-state index in [4.69, 9.17) is 4.52 Å². The fourth-order valence-corrected chi connectivity index (χ4v) is 4.08. The molecule has 23 heavy (non-hydrogen) atoms. The smallest absolute Gasteiger partial charge is 0.276 e. The van der Waals surface area contributed by atoms with Crippen molar-refractivity contribution in [2.45, 2.75) is 52.5 Å². The van der Waals surface area contributed by atoms with Crippen molar-refractivity contribution in [2.24, 2.45) is 11.3 Å². The van der Waals surface area contributed by atoms with Crippen LogP contribution in [-0.4, -0.2) is 41.0 Å². The first-order valence-corrected chi connectivity index (χ1v) is 8.44. The third kappa shape index (κ3) is 2.99. The van der Waals surface area contributed by atoms with E-state index in [0.717, 1.165) is 25.7 Å². The summed E-state index contributed by atoms with van der Waals surface area (Å²) in [6.45, 7) is 6.83. The van der Waals surface area contributed by atoms with Crippen molar-refractivity contribution in [1.82, 2.24) is 15.4 Å². The average Bonchev–Trinajstić information content (AvgIpc) is 3.19. The second-order valence-electron chi connectivity index (χ2n) is 7.29. The fourth-order valence-electron chi connectivity index (χ4n) is 4.08. The molecule has 1 aromatic rings. The van der Waals surface area contributed by atoms with Crippen LogP contribution in [0.3, 0.4) is 0 Å². The van der Waals surface area contributed by atoms with Gasteiger partial charge in [-0.1, -0.05) is 18.0 Å². The molecule has 0 radical (unpaired) electrons. The molecule has 1 unspecified atom stereocenters. The van der Waals surface area contributed by atoms with Gasteiger partial charge in [0.25, 0.3) is 5.91 Å². The zero-order valence-electron chi connectivity index (χ0n) is 14.1. The second kappa shape index (κ2) is 5.98. The number of carbonyl (C=O) groups is 2. The Morgan fingerprint density at radius 2 is 2.09 bits per heavy atom. The van der Waals surface area contributed by atoms with Gasteiger partial charge in [0.2, 0.25) is 5.91 Å². The minimum atomic E-state index is -0.132. The predicted molar refractivity (Wildman–Crippen MR) is 84.8 cm³/mol. The van der Waals surface area contributed by atoms with Crippen LogP contribution in [0.1, 0.15) is 55.8 Å². The Labute approximate surface area is 136 Å². The number of rotatable bonds is 3. The van der Waals surface area contributed by atoms with Crippen molar-refractivity contribution < 1.29 is 14.1 Å². The number of aromatic nitrogens is 1. The van der Waals surface area contributed by atoms with Gasteiger partial charge in [-0.2, -0.15) is 0 Å². The number of likely N-dealkylation sites (tertiary alicyclic amines) is 1. The number of nitrogens with one attached hydrogen (secondary N) is 1. The van der Waals surface area contributed by atoms with E-state index < -0.39 is 0 Å². The highest BCUT2D eigenvalue weighted by atomic mass is 16.5. The van der Waals surface area contributed by atoms with E-state index >= 15 is 0 Å². The van der Waals surface area contributed by atoms with Gasteiger partial charge in [-0.05, 0) is 33.6 Å². The van der Waals surface area contributed by atoms with E-state index in [1.54, 1.807) is 17.9 Å². The standard InChI is InChI=1S/C17H25N3O3/c1-11(2)18-15(21)13-9-20(10-17(13)6-4-5-7-17)16(22)14-8-12(3)23-19-14/h8,11,13H,4-7,9-10H2,1-3H3,(H,18,21). The van der Waals surface area contributed by atoms with Crippen molar-refractivity contribution in [1.29, 1.82) is 0 Å². The highest BCUT2D eigenvalue weighted by molar-refractivity contribution is 5.93. The summed E-state index contributed by atoms with van der Waals surface area (Å²) in [5, 5.41) is 6.86. The van der Waals surface area contributed by atoms with Gasteiger partial charge >= 0.3 is 0 Å². The monoisotopic (exact) mass is 319 g/mol. The summed E-state index contributed by atoms with van der Waals surface area (Å²) in [5.74, 6) is 0.447. The van der Waals surface area contributed by atoms with Crippen molar-refractivity contribution in [2.75, 3.05) is 13.1 Å². The maximum Gasteiger partial charge on any atom is 0.276 e. The summed E-state index contributed by atoms with van der Waals surface area (Å²) in [7, 11) is 0. The van der Waals surface area contributed by atoms with Crippen LogP contribution in [0.25, 0.3) is 0 Å². The van der Waals surface area contributed by atoms with Crippen LogP contribution in [-0.2, 0) is 4.79 Å². The van der Waals surface area contributed by atoms with Gasteiger partial charge < -0.3 is 14.7 Å². The Hall–Kier alpha value is -1.85. The summed E-state index contributed by atoms with van der Waals surface area (Å²) in [6.07, 6.45) is 4.31. The van der Waals surface area contributed by atoms with Crippen LogP contribution < -0.4 is 5.32 Å². The highest BCUT2D eigenvalue weighted by Gasteiger charge is 2.52. The lowest BCUT2D eigenvalue weighted by Gasteiger charge is -2.29. The third-order valence-corrected chi connectivity index (χ3v) is 5.13. The van der Waals surface area contributed by atoms with E-state index in [9.17, 15) is 9.59 Å². The fraction of sp³-hybridized carbons (Fsp3) is 0.706. The minimum absolute atomic E-state index is 0.0621. The van der Waals surface area contributed by atoms with Crippen molar-refractivity contribution in [3.05, 3.63) is 17.5 Å². The van der Waals surface area contributed by atoms with E-state index in [2.05, 4.69) is 10.5 Å². The number of nitrogens with zero attached hydrogens (tertiary/aromatic N) is 2. The van der Waals surface area contributed by atoms with E-state index in [1.807, 2.05) is 13.8 Å². The lowest BCUT2D eigenvalue weighted by Crippen LogP contribution is -2.42. The molecule has 1 aliphatic carbocycles. The zero-order valence-corrected chi connectivity index (χ0v) is 14.1. The Morgan fingerprint density at radius 1 is 1.39 bits per heavy atom. The highest BCUT2D eigenvalue weighted by Crippen LogP contribution is 2.49. The van der Waals surface area contributed by atoms with Gasteiger partial charge in [-0.15, -0.1) is 0 Å². The second-order valence-corrected chi connectivity index (χ2v) is 7.29. The molecule has 2 amide bonds. The number of aryl methyl sites for hydroxylation is 1. The van der Waals surface area contributed by atoms with Crippen LogP contribution in [0, 0.1) is 18.3 Å². The molecule has 6 heteroatoms. The molecule has 1 spiro atoms. The summed E-state index contributed by atoms with van der Waals surface area (Å²) >= 11 is 0. The molecule has 3 rings (SSSR count). The molecule has 2 fully saturated rings. The lowest BCUT2D eigenvalue weighted by atomic mass is 9.76. The molecular weight excluding hydrogens is 294 g/mol. The van der Waals surface area contributed by atoms with Crippen molar-refractivity contribution in [3.8, 4) is 0 Å². The van der Waals surface area contributed by atoms with Gasteiger partial charge in [-0.3, -0.25) is 9.59 Å². The minimum Gasteiger partial charge on any atom is -0.361 e. The van der Waals surface area contributed by atoms with E-state index in [-0.39, 0.29) is 29.2 Å². The van der Waals surface area contributed by atoms with E-state index in [0.29, 0.717) is 24.5 Å². The SMILES string of the molecule is Cc1cc(C(=O)N2CC(C(=O)NC(C)C)C3(CCCC3)C2)no1. The first kappa shape index (κ1) is 16.0. The van der Waals surface area contributed by atoms with Crippen LogP contribution in [0.5, 0.6) is 0 Å². The molecule has 6 nitrogen and oxygen atoms in total. The van der Waals surface area contributed by atoms with Gasteiger partial charge in [-0.25, -0.2) is 0 Å². The predicted octanol–water partition coefficient (Wildman–Crippen LogP) is 2.14. The first-order chi connectivity index (χ1) is 10.9. The van der Waals surface area contributed by atoms with Gasteiger partial charge in [0.05, 0.1) is 5.92 Å². The van der Waals surface area contributed by atoms with Crippen LogP contribution in [0.2, 0.25) is 0 Å². The molecular formula is C17H25N3O3. The summed E-state index contributed by atoms with van der Waals surface area (Å²) in [4.78, 5) is 27.1. The maximum atomic E-state index is 12.7. The third-order valence-electron chi connectivity index (χ3n) is 5.13. The van der Waals surface area contributed by atoms with Gasteiger partial charge in [0.15, 0.2) is 5.69 Å². The number of amides is 2. The molecule has 1 aliphatic heterocycles. The van der Waals surface area contributed by atoms with Crippen LogP contribution in [0.15, 0.2) is 10.6 Å². The van der Waals surface area contributed by atoms with Crippen molar-refractivity contribution in [3.63, 3.8) is 0 Å².